The van der Waals surface area contributed by atoms with Gasteiger partial charge < -0.3 is 10.2 Å². The maximum atomic E-state index is 12.3. The van der Waals surface area contributed by atoms with Gasteiger partial charge in [-0.05, 0) is 18.3 Å². The zero-order valence-electron chi connectivity index (χ0n) is 12.2. The molecule has 1 aliphatic carbocycles. The van der Waals surface area contributed by atoms with Crippen LogP contribution in [0.4, 0.5) is 5.13 Å². The lowest BCUT2D eigenvalue weighted by atomic mass is 9.91. The van der Waals surface area contributed by atoms with Crippen LogP contribution in [-0.4, -0.2) is 34.3 Å². The van der Waals surface area contributed by atoms with Crippen molar-refractivity contribution >= 4 is 28.3 Å². The molecular weight excluding hydrogens is 274 g/mol. The SMILES string of the molecule is CC(C)(C)CC(=O)N(CC(=O)Nc1nccs1)C1CC1. The van der Waals surface area contributed by atoms with Crippen LogP contribution >= 0.6 is 11.3 Å². The van der Waals surface area contributed by atoms with Gasteiger partial charge in [0, 0.05) is 24.0 Å². The highest BCUT2D eigenvalue weighted by Crippen LogP contribution is 2.29. The van der Waals surface area contributed by atoms with Crippen molar-refractivity contribution in [1.29, 1.82) is 0 Å². The fourth-order valence-electron chi connectivity index (χ4n) is 1.96. The molecule has 2 rings (SSSR count). The van der Waals surface area contributed by atoms with Gasteiger partial charge in [0.05, 0.1) is 0 Å². The monoisotopic (exact) mass is 295 g/mol. The second-order valence-corrected chi connectivity index (χ2v) is 7.27. The number of anilines is 1. The van der Waals surface area contributed by atoms with E-state index in [4.69, 9.17) is 0 Å². The van der Waals surface area contributed by atoms with E-state index in [0.717, 1.165) is 12.8 Å². The van der Waals surface area contributed by atoms with E-state index < -0.39 is 0 Å². The standard InChI is InChI=1S/C14H21N3O2S/c1-14(2,3)8-12(19)17(10-4-5-10)9-11(18)16-13-15-6-7-20-13/h6-7,10H,4-5,8-9H2,1-3H3,(H,15,16,18). The van der Waals surface area contributed by atoms with Gasteiger partial charge in [0.1, 0.15) is 6.54 Å². The van der Waals surface area contributed by atoms with Gasteiger partial charge in [0.2, 0.25) is 11.8 Å². The molecule has 1 aliphatic rings. The number of amides is 2. The Balaban J connectivity index is 1.92. The van der Waals surface area contributed by atoms with E-state index in [-0.39, 0.29) is 29.8 Å². The normalized spacial score (nSPS) is 14.9. The molecule has 1 aromatic rings. The highest BCUT2D eigenvalue weighted by Gasteiger charge is 2.35. The minimum absolute atomic E-state index is 0.0595. The molecule has 0 bridgehead atoms. The summed E-state index contributed by atoms with van der Waals surface area (Å²) in [5, 5.41) is 5.11. The van der Waals surface area contributed by atoms with Crippen LogP contribution in [0.5, 0.6) is 0 Å². The van der Waals surface area contributed by atoms with Gasteiger partial charge in [-0.25, -0.2) is 4.98 Å². The number of hydrogen-bond donors (Lipinski definition) is 1. The second kappa shape index (κ2) is 5.91. The van der Waals surface area contributed by atoms with Gasteiger partial charge in [-0.15, -0.1) is 11.3 Å². The quantitative estimate of drug-likeness (QED) is 0.908. The number of rotatable bonds is 5. The highest BCUT2D eigenvalue weighted by molar-refractivity contribution is 7.13. The summed E-state index contributed by atoms with van der Waals surface area (Å²) in [5.41, 5.74) is -0.0595. The predicted octanol–water partition coefficient (Wildman–Crippen LogP) is 2.51. The molecule has 6 heteroatoms. The van der Waals surface area contributed by atoms with Crippen molar-refractivity contribution in [3.05, 3.63) is 11.6 Å². The van der Waals surface area contributed by atoms with E-state index in [2.05, 4.69) is 10.3 Å². The third-order valence-electron chi connectivity index (χ3n) is 2.98. The Morgan fingerprint density at radius 3 is 2.65 bits per heavy atom. The van der Waals surface area contributed by atoms with Crippen molar-refractivity contribution < 1.29 is 9.59 Å². The zero-order valence-corrected chi connectivity index (χ0v) is 13.0. The predicted molar refractivity (Wildman–Crippen MR) is 79.6 cm³/mol. The Morgan fingerprint density at radius 1 is 1.45 bits per heavy atom. The number of thiazole rings is 1. The summed E-state index contributed by atoms with van der Waals surface area (Å²) < 4.78 is 0. The summed E-state index contributed by atoms with van der Waals surface area (Å²) in [6.07, 6.45) is 4.11. The Kier molecular flexibility index (Phi) is 4.42. The third-order valence-corrected chi connectivity index (χ3v) is 3.67. The number of nitrogens with one attached hydrogen (secondary N) is 1. The first kappa shape index (κ1) is 15.0. The summed E-state index contributed by atoms with van der Waals surface area (Å²) in [4.78, 5) is 30.0. The van der Waals surface area contributed by atoms with Crippen molar-refractivity contribution in [3.63, 3.8) is 0 Å². The first-order valence-corrected chi connectivity index (χ1v) is 7.72. The molecule has 0 radical (unpaired) electrons. The number of aromatic nitrogens is 1. The van der Waals surface area contributed by atoms with E-state index in [0.29, 0.717) is 11.6 Å². The fourth-order valence-corrected chi connectivity index (χ4v) is 2.51. The smallest absolute Gasteiger partial charge is 0.245 e. The van der Waals surface area contributed by atoms with Crippen molar-refractivity contribution in [2.45, 2.75) is 46.1 Å². The van der Waals surface area contributed by atoms with Crippen LogP contribution in [0.15, 0.2) is 11.6 Å². The molecule has 0 aromatic carbocycles. The van der Waals surface area contributed by atoms with Crippen LogP contribution in [0.3, 0.4) is 0 Å². The van der Waals surface area contributed by atoms with Crippen molar-refractivity contribution in [3.8, 4) is 0 Å². The molecular formula is C14H21N3O2S. The highest BCUT2D eigenvalue weighted by atomic mass is 32.1. The first-order valence-electron chi connectivity index (χ1n) is 6.84. The Bertz CT molecular complexity index is 475. The molecule has 1 heterocycles. The van der Waals surface area contributed by atoms with Gasteiger partial charge >= 0.3 is 0 Å². The molecule has 0 atom stereocenters. The topological polar surface area (TPSA) is 62.3 Å². The molecule has 0 unspecified atom stereocenters. The Morgan fingerprint density at radius 2 is 2.15 bits per heavy atom. The maximum absolute atomic E-state index is 12.3. The molecule has 1 saturated carbocycles. The molecule has 1 N–H and O–H groups in total. The Labute approximate surface area is 123 Å². The summed E-state index contributed by atoms with van der Waals surface area (Å²) in [6, 6.07) is 0.242. The molecule has 2 amide bonds. The molecule has 20 heavy (non-hydrogen) atoms. The number of carbonyl (C=O) groups excluding carboxylic acids is 2. The summed E-state index contributed by atoms with van der Waals surface area (Å²) in [7, 11) is 0. The van der Waals surface area contributed by atoms with Crippen LogP contribution in [0, 0.1) is 5.41 Å². The summed E-state index contributed by atoms with van der Waals surface area (Å²) >= 11 is 1.37. The van der Waals surface area contributed by atoms with Crippen LogP contribution in [0.1, 0.15) is 40.0 Å². The van der Waals surface area contributed by atoms with Crippen molar-refractivity contribution in [1.82, 2.24) is 9.88 Å². The van der Waals surface area contributed by atoms with E-state index >= 15 is 0 Å². The van der Waals surface area contributed by atoms with E-state index in [1.54, 1.807) is 16.5 Å². The van der Waals surface area contributed by atoms with Gasteiger partial charge in [-0.1, -0.05) is 20.8 Å². The van der Waals surface area contributed by atoms with Crippen LogP contribution < -0.4 is 5.32 Å². The molecule has 0 aliphatic heterocycles. The molecule has 110 valence electrons. The second-order valence-electron chi connectivity index (χ2n) is 6.38. The van der Waals surface area contributed by atoms with Crippen molar-refractivity contribution in [2.24, 2.45) is 5.41 Å². The lowest BCUT2D eigenvalue weighted by molar-refractivity contribution is -0.136. The lowest BCUT2D eigenvalue weighted by Gasteiger charge is -2.26. The number of carbonyl (C=O) groups is 2. The van der Waals surface area contributed by atoms with Gasteiger partial charge in [0.25, 0.3) is 0 Å². The Hall–Kier alpha value is -1.43. The van der Waals surface area contributed by atoms with Gasteiger partial charge in [0.15, 0.2) is 5.13 Å². The zero-order chi connectivity index (χ0) is 14.8. The molecule has 1 aromatic heterocycles. The van der Waals surface area contributed by atoms with Gasteiger partial charge in [-0.3, -0.25) is 9.59 Å². The largest absolute Gasteiger partial charge is 0.330 e. The van der Waals surface area contributed by atoms with Gasteiger partial charge in [-0.2, -0.15) is 0 Å². The minimum atomic E-state index is -0.172. The van der Waals surface area contributed by atoms with Crippen LogP contribution in [0.25, 0.3) is 0 Å². The molecule has 5 nitrogen and oxygen atoms in total. The molecule has 1 fully saturated rings. The number of hydrogen-bond acceptors (Lipinski definition) is 4. The summed E-state index contributed by atoms with van der Waals surface area (Å²) in [6.45, 7) is 6.22. The van der Waals surface area contributed by atoms with E-state index in [1.807, 2.05) is 20.8 Å². The van der Waals surface area contributed by atoms with Crippen LogP contribution in [0.2, 0.25) is 0 Å². The van der Waals surface area contributed by atoms with Crippen LogP contribution in [-0.2, 0) is 9.59 Å². The third kappa shape index (κ3) is 4.59. The van der Waals surface area contributed by atoms with E-state index in [9.17, 15) is 9.59 Å². The number of nitrogens with zero attached hydrogens (tertiary/aromatic N) is 2. The maximum Gasteiger partial charge on any atom is 0.245 e. The first-order chi connectivity index (χ1) is 9.35. The summed E-state index contributed by atoms with van der Waals surface area (Å²) in [5.74, 6) is -0.108. The molecule has 0 spiro atoms. The average Bonchev–Trinajstić information content (AvgIpc) is 3.02. The molecule has 0 saturated heterocycles. The van der Waals surface area contributed by atoms with E-state index in [1.165, 1.54) is 11.3 Å². The average molecular weight is 295 g/mol. The fraction of sp³-hybridized carbons (Fsp3) is 0.643. The van der Waals surface area contributed by atoms with Crippen molar-refractivity contribution in [2.75, 3.05) is 11.9 Å². The minimum Gasteiger partial charge on any atom is -0.330 e. The lowest BCUT2D eigenvalue weighted by Crippen LogP contribution is -2.40.